The SMILES string of the molecule is O=C(c1cccc2c1OCCO2)N1Cc2ccccc2-c2ccccc2C1. The fraction of sp³-hybridized carbons (Fsp3) is 0.174. The second kappa shape index (κ2) is 6.47. The Hall–Kier alpha value is -3.27. The van der Waals surface area contributed by atoms with E-state index in [1.54, 1.807) is 0 Å². The molecule has 2 aliphatic rings. The molecule has 3 aromatic rings. The molecule has 0 aromatic heterocycles. The van der Waals surface area contributed by atoms with Gasteiger partial charge in [-0.15, -0.1) is 0 Å². The van der Waals surface area contributed by atoms with E-state index in [9.17, 15) is 4.79 Å². The van der Waals surface area contributed by atoms with E-state index in [1.807, 2.05) is 47.4 Å². The monoisotopic (exact) mass is 357 g/mol. The molecule has 0 saturated heterocycles. The lowest BCUT2D eigenvalue weighted by molar-refractivity contribution is 0.0722. The highest BCUT2D eigenvalue weighted by molar-refractivity contribution is 5.98. The number of hydrogen-bond donors (Lipinski definition) is 0. The molecule has 2 heterocycles. The molecule has 0 saturated carbocycles. The van der Waals surface area contributed by atoms with E-state index >= 15 is 0 Å². The molecule has 4 nitrogen and oxygen atoms in total. The number of ether oxygens (including phenoxy) is 2. The van der Waals surface area contributed by atoms with Crippen molar-refractivity contribution in [1.29, 1.82) is 0 Å². The molecule has 0 spiro atoms. The number of rotatable bonds is 1. The third kappa shape index (κ3) is 2.74. The Morgan fingerprint density at radius 1 is 0.741 bits per heavy atom. The van der Waals surface area contributed by atoms with Crippen LogP contribution in [0.5, 0.6) is 11.5 Å². The average Bonchev–Trinajstić information content (AvgIpc) is 2.90. The highest BCUT2D eigenvalue weighted by atomic mass is 16.6. The van der Waals surface area contributed by atoms with Crippen LogP contribution in [0.1, 0.15) is 21.5 Å². The first kappa shape index (κ1) is 15.9. The van der Waals surface area contributed by atoms with E-state index in [-0.39, 0.29) is 5.91 Å². The van der Waals surface area contributed by atoms with E-state index in [2.05, 4.69) is 24.3 Å². The van der Waals surface area contributed by atoms with Crippen molar-refractivity contribution in [3.8, 4) is 22.6 Å². The van der Waals surface area contributed by atoms with E-state index in [0.717, 1.165) is 11.1 Å². The van der Waals surface area contributed by atoms with E-state index < -0.39 is 0 Å². The zero-order chi connectivity index (χ0) is 18.2. The van der Waals surface area contributed by atoms with Gasteiger partial charge in [0.1, 0.15) is 13.2 Å². The quantitative estimate of drug-likeness (QED) is 0.652. The number of para-hydroxylation sites is 1. The number of fused-ring (bicyclic) bond motifs is 4. The Morgan fingerprint density at radius 2 is 1.37 bits per heavy atom. The van der Waals surface area contributed by atoms with Gasteiger partial charge >= 0.3 is 0 Å². The number of nitrogens with zero attached hydrogens (tertiary/aromatic N) is 1. The minimum Gasteiger partial charge on any atom is -0.486 e. The Kier molecular flexibility index (Phi) is 3.82. The summed E-state index contributed by atoms with van der Waals surface area (Å²) in [4.78, 5) is 15.3. The third-order valence-electron chi connectivity index (χ3n) is 5.13. The zero-order valence-electron chi connectivity index (χ0n) is 14.9. The molecular weight excluding hydrogens is 338 g/mol. The summed E-state index contributed by atoms with van der Waals surface area (Å²) in [6, 6.07) is 22.1. The van der Waals surface area contributed by atoms with Gasteiger partial charge in [0, 0.05) is 13.1 Å². The van der Waals surface area contributed by atoms with Gasteiger partial charge in [-0.3, -0.25) is 4.79 Å². The van der Waals surface area contributed by atoms with Crippen molar-refractivity contribution >= 4 is 5.91 Å². The predicted octanol–water partition coefficient (Wildman–Crippen LogP) is 4.28. The minimum absolute atomic E-state index is 0.0381. The van der Waals surface area contributed by atoms with Gasteiger partial charge in [-0.05, 0) is 34.4 Å². The Bertz CT molecular complexity index is 980. The van der Waals surface area contributed by atoms with Crippen LogP contribution in [0.15, 0.2) is 66.7 Å². The maximum atomic E-state index is 13.4. The lowest BCUT2D eigenvalue weighted by atomic mass is 9.97. The molecule has 4 heteroatoms. The molecule has 0 N–H and O–H groups in total. The number of amides is 1. The van der Waals surface area contributed by atoms with Gasteiger partial charge in [0.05, 0.1) is 5.56 Å². The Labute approximate surface area is 158 Å². The molecule has 1 amide bonds. The second-order valence-electron chi connectivity index (χ2n) is 6.81. The molecule has 5 rings (SSSR count). The molecule has 0 radical (unpaired) electrons. The minimum atomic E-state index is -0.0381. The smallest absolute Gasteiger partial charge is 0.258 e. The van der Waals surface area contributed by atoms with Crippen LogP contribution < -0.4 is 9.47 Å². The Balaban J connectivity index is 1.58. The maximum absolute atomic E-state index is 13.4. The summed E-state index contributed by atoms with van der Waals surface area (Å²) in [6.45, 7) is 2.10. The van der Waals surface area contributed by atoms with Gasteiger partial charge in [0.2, 0.25) is 0 Å². The van der Waals surface area contributed by atoms with Crippen molar-refractivity contribution in [3.05, 3.63) is 83.4 Å². The molecule has 0 atom stereocenters. The van der Waals surface area contributed by atoms with Crippen molar-refractivity contribution in [1.82, 2.24) is 4.90 Å². The van der Waals surface area contributed by atoms with Gasteiger partial charge in [-0.2, -0.15) is 0 Å². The van der Waals surface area contributed by atoms with Crippen LogP contribution in [0.2, 0.25) is 0 Å². The van der Waals surface area contributed by atoms with Crippen molar-refractivity contribution in [2.24, 2.45) is 0 Å². The van der Waals surface area contributed by atoms with Crippen LogP contribution in [0, 0.1) is 0 Å². The topological polar surface area (TPSA) is 38.8 Å². The highest BCUT2D eigenvalue weighted by Crippen LogP contribution is 2.37. The molecule has 0 aliphatic carbocycles. The molecular formula is C23H19NO3. The maximum Gasteiger partial charge on any atom is 0.258 e. The summed E-state index contributed by atoms with van der Waals surface area (Å²) in [6.07, 6.45) is 0. The fourth-order valence-corrected chi connectivity index (χ4v) is 3.87. The fourth-order valence-electron chi connectivity index (χ4n) is 3.87. The first-order valence-corrected chi connectivity index (χ1v) is 9.15. The van der Waals surface area contributed by atoms with Gasteiger partial charge in [0.25, 0.3) is 5.91 Å². The molecule has 0 fully saturated rings. The average molecular weight is 357 g/mol. The molecule has 0 unspecified atom stereocenters. The van der Waals surface area contributed by atoms with Crippen molar-refractivity contribution in [2.75, 3.05) is 13.2 Å². The zero-order valence-corrected chi connectivity index (χ0v) is 14.9. The summed E-state index contributed by atoms with van der Waals surface area (Å²) in [7, 11) is 0. The molecule has 134 valence electrons. The number of carbonyl (C=O) groups excluding carboxylic acids is 1. The lowest BCUT2D eigenvalue weighted by Crippen LogP contribution is -2.30. The van der Waals surface area contributed by atoms with E-state index in [0.29, 0.717) is 43.4 Å². The summed E-state index contributed by atoms with van der Waals surface area (Å²) in [5.41, 5.74) is 5.25. The largest absolute Gasteiger partial charge is 0.486 e. The predicted molar refractivity (Wildman–Crippen MR) is 103 cm³/mol. The summed E-state index contributed by atoms with van der Waals surface area (Å²) in [5.74, 6) is 1.16. The lowest BCUT2D eigenvalue weighted by Gasteiger charge is -2.25. The first-order chi connectivity index (χ1) is 13.3. The summed E-state index contributed by atoms with van der Waals surface area (Å²) >= 11 is 0. The van der Waals surface area contributed by atoms with Crippen LogP contribution in [-0.4, -0.2) is 24.0 Å². The molecule has 0 bridgehead atoms. The molecule has 2 aliphatic heterocycles. The normalized spacial score (nSPS) is 14.7. The van der Waals surface area contributed by atoms with Gasteiger partial charge < -0.3 is 14.4 Å². The van der Waals surface area contributed by atoms with Gasteiger partial charge in [0.15, 0.2) is 11.5 Å². The van der Waals surface area contributed by atoms with Gasteiger partial charge in [-0.25, -0.2) is 0 Å². The van der Waals surface area contributed by atoms with Crippen LogP contribution in [-0.2, 0) is 13.1 Å². The Morgan fingerprint density at radius 3 is 2.07 bits per heavy atom. The molecule has 3 aromatic carbocycles. The first-order valence-electron chi connectivity index (χ1n) is 9.15. The third-order valence-corrected chi connectivity index (χ3v) is 5.13. The van der Waals surface area contributed by atoms with Crippen molar-refractivity contribution in [3.63, 3.8) is 0 Å². The van der Waals surface area contributed by atoms with Crippen LogP contribution in [0.4, 0.5) is 0 Å². The van der Waals surface area contributed by atoms with E-state index in [4.69, 9.17) is 9.47 Å². The van der Waals surface area contributed by atoms with Crippen molar-refractivity contribution in [2.45, 2.75) is 13.1 Å². The number of carbonyl (C=O) groups is 1. The standard InChI is InChI=1S/C23H19NO3/c25-23(20-10-5-11-21-22(20)27-13-12-26-21)24-14-16-6-1-3-8-18(16)19-9-4-2-7-17(19)15-24/h1-11H,12-15H2. The second-order valence-corrected chi connectivity index (χ2v) is 6.81. The van der Waals surface area contributed by atoms with Gasteiger partial charge in [-0.1, -0.05) is 54.6 Å². The van der Waals surface area contributed by atoms with Crippen LogP contribution >= 0.6 is 0 Å². The summed E-state index contributed by atoms with van der Waals surface area (Å²) in [5, 5.41) is 0. The molecule has 27 heavy (non-hydrogen) atoms. The van der Waals surface area contributed by atoms with Crippen LogP contribution in [0.25, 0.3) is 11.1 Å². The highest BCUT2D eigenvalue weighted by Gasteiger charge is 2.27. The van der Waals surface area contributed by atoms with E-state index in [1.165, 1.54) is 11.1 Å². The van der Waals surface area contributed by atoms with Crippen LogP contribution in [0.3, 0.4) is 0 Å². The van der Waals surface area contributed by atoms with Crippen molar-refractivity contribution < 1.29 is 14.3 Å². The summed E-state index contributed by atoms with van der Waals surface area (Å²) < 4.78 is 11.4. The number of benzene rings is 3. The number of hydrogen-bond acceptors (Lipinski definition) is 3.